The van der Waals surface area contributed by atoms with Gasteiger partial charge in [-0.3, -0.25) is 9.59 Å². The summed E-state index contributed by atoms with van der Waals surface area (Å²) in [6, 6.07) is 0. The molecular formula is C10H17NO4. The first-order valence-corrected chi connectivity index (χ1v) is 4.74. The highest BCUT2D eigenvalue weighted by Crippen LogP contribution is 1.98. The number of aliphatic hydroxyl groups is 1. The molecule has 0 radical (unpaired) electrons. The Labute approximate surface area is 89.0 Å². The van der Waals surface area contributed by atoms with Crippen molar-refractivity contribution in [2.45, 2.75) is 20.3 Å². The number of carboxylic acids is 1. The SMILES string of the molecule is CC(C)=CC(=O)N(CCO)CCC(=O)O. The van der Waals surface area contributed by atoms with E-state index in [1.165, 1.54) is 11.0 Å². The number of carboxylic acid groups (broad SMARTS) is 1. The molecule has 5 heteroatoms. The summed E-state index contributed by atoms with van der Waals surface area (Å²) >= 11 is 0. The van der Waals surface area contributed by atoms with E-state index in [1.54, 1.807) is 13.8 Å². The molecule has 0 aliphatic heterocycles. The molecule has 0 aliphatic carbocycles. The fraction of sp³-hybridized carbons (Fsp3) is 0.600. The predicted octanol–water partition coefficient (Wildman–Crippen LogP) is 0.248. The van der Waals surface area contributed by atoms with Gasteiger partial charge in [0.2, 0.25) is 5.91 Å². The van der Waals surface area contributed by atoms with E-state index in [0.29, 0.717) is 0 Å². The standard InChI is InChI=1S/C10H17NO4/c1-8(2)7-9(13)11(5-6-12)4-3-10(14)15/h7,12H,3-6H2,1-2H3,(H,14,15). The highest BCUT2D eigenvalue weighted by molar-refractivity contribution is 5.88. The Morgan fingerprint density at radius 3 is 2.27 bits per heavy atom. The number of amides is 1. The fourth-order valence-corrected chi connectivity index (χ4v) is 1.02. The monoisotopic (exact) mass is 215 g/mol. The Hall–Kier alpha value is -1.36. The summed E-state index contributed by atoms with van der Waals surface area (Å²) in [6.07, 6.45) is 1.32. The van der Waals surface area contributed by atoms with Crippen LogP contribution in [0.2, 0.25) is 0 Å². The van der Waals surface area contributed by atoms with Gasteiger partial charge in [0.1, 0.15) is 0 Å². The van der Waals surface area contributed by atoms with Crippen molar-refractivity contribution in [1.82, 2.24) is 4.90 Å². The maximum Gasteiger partial charge on any atom is 0.305 e. The predicted molar refractivity (Wildman–Crippen MR) is 55.3 cm³/mol. The number of allylic oxidation sites excluding steroid dienone is 1. The maximum atomic E-state index is 11.5. The third-order valence-electron chi connectivity index (χ3n) is 1.69. The van der Waals surface area contributed by atoms with Gasteiger partial charge in [-0.05, 0) is 13.8 Å². The zero-order valence-electron chi connectivity index (χ0n) is 9.06. The molecule has 0 bridgehead atoms. The molecule has 2 N–H and O–H groups in total. The van der Waals surface area contributed by atoms with Gasteiger partial charge in [0, 0.05) is 19.2 Å². The molecule has 0 spiro atoms. The van der Waals surface area contributed by atoms with Crippen molar-refractivity contribution in [3.05, 3.63) is 11.6 Å². The minimum atomic E-state index is -0.956. The van der Waals surface area contributed by atoms with Crippen molar-refractivity contribution in [3.8, 4) is 0 Å². The summed E-state index contributed by atoms with van der Waals surface area (Å²) in [4.78, 5) is 23.2. The van der Waals surface area contributed by atoms with Gasteiger partial charge in [-0.15, -0.1) is 0 Å². The Balaban J connectivity index is 4.31. The first kappa shape index (κ1) is 13.6. The van der Waals surface area contributed by atoms with Crippen LogP contribution in [0.15, 0.2) is 11.6 Å². The molecule has 0 aromatic rings. The Bertz CT molecular complexity index is 256. The van der Waals surface area contributed by atoms with Crippen molar-refractivity contribution in [2.24, 2.45) is 0 Å². The van der Waals surface area contributed by atoms with E-state index in [0.717, 1.165) is 5.57 Å². The van der Waals surface area contributed by atoms with Crippen LogP contribution in [-0.2, 0) is 9.59 Å². The molecule has 0 fully saturated rings. The van der Waals surface area contributed by atoms with E-state index in [1.807, 2.05) is 0 Å². The largest absolute Gasteiger partial charge is 0.481 e. The third-order valence-corrected chi connectivity index (χ3v) is 1.69. The lowest BCUT2D eigenvalue weighted by molar-refractivity contribution is -0.138. The Morgan fingerprint density at radius 1 is 1.27 bits per heavy atom. The van der Waals surface area contributed by atoms with Crippen LogP contribution in [0.4, 0.5) is 0 Å². The van der Waals surface area contributed by atoms with Crippen molar-refractivity contribution in [2.75, 3.05) is 19.7 Å². The first-order valence-electron chi connectivity index (χ1n) is 4.74. The molecule has 0 heterocycles. The summed E-state index contributed by atoms with van der Waals surface area (Å²) < 4.78 is 0. The fourth-order valence-electron chi connectivity index (χ4n) is 1.02. The van der Waals surface area contributed by atoms with Crippen LogP contribution in [0.5, 0.6) is 0 Å². The normalized spacial score (nSPS) is 9.53. The molecule has 0 rings (SSSR count). The van der Waals surface area contributed by atoms with Crippen molar-refractivity contribution >= 4 is 11.9 Å². The van der Waals surface area contributed by atoms with Crippen LogP contribution >= 0.6 is 0 Å². The zero-order chi connectivity index (χ0) is 11.8. The van der Waals surface area contributed by atoms with Gasteiger partial charge in [-0.25, -0.2) is 0 Å². The molecule has 0 saturated carbocycles. The van der Waals surface area contributed by atoms with Gasteiger partial charge < -0.3 is 15.1 Å². The lowest BCUT2D eigenvalue weighted by Gasteiger charge is -2.19. The van der Waals surface area contributed by atoms with Gasteiger partial charge in [-0.1, -0.05) is 5.57 Å². The van der Waals surface area contributed by atoms with Crippen LogP contribution in [-0.4, -0.2) is 46.7 Å². The Morgan fingerprint density at radius 2 is 1.87 bits per heavy atom. The quantitative estimate of drug-likeness (QED) is 0.622. The number of carbonyl (C=O) groups excluding carboxylic acids is 1. The lowest BCUT2D eigenvalue weighted by Crippen LogP contribution is -2.34. The van der Waals surface area contributed by atoms with E-state index in [4.69, 9.17) is 10.2 Å². The van der Waals surface area contributed by atoms with Gasteiger partial charge in [0.15, 0.2) is 0 Å². The van der Waals surface area contributed by atoms with E-state index < -0.39 is 5.97 Å². The van der Waals surface area contributed by atoms with E-state index in [9.17, 15) is 9.59 Å². The lowest BCUT2D eigenvalue weighted by atomic mass is 10.3. The van der Waals surface area contributed by atoms with Crippen LogP contribution in [0.3, 0.4) is 0 Å². The molecule has 15 heavy (non-hydrogen) atoms. The highest BCUT2D eigenvalue weighted by Gasteiger charge is 2.11. The minimum Gasteiger partial charge on any atom is -0.481 e. The maximum absolute atomic E-state index is 11.5. The smallest absolute Gasteiger partial charge is 0.305 e. The highest BCUT2D eigenvalue weighted by atomic mass is 16.4. The summed E-state index contributed by atoms with van der Waals surface area (Å²) in [5, 5.41) is 17.2. The number of nitrogens with zero attached hydrogens (tertiary/aromatic N) is 1. The molecule has 1 amide bonds. The number of carbonyl (C=O) groups is 2. The van der Waals surface area contributed by atoms with Gasteiger partial charge in [0.25, 0.3) is 0 Å². The third kappa shape index (κ3) is 6.68. The average molecular weight is 215 g/mol. The number of hydrogen-bond donors (Lipinski definition) is 2. The summed E-state index contributed by atoms with van der Waals surface area (Å²) in [5.41, 5.74) is 0.846. The van der Waals surface area contributed by atoms with Gasteiger partial charge in [-0.2, -0.15) is 0 Å². The minimum absolute atomic E-state index is 0.109. The second-order valence-electron chi connectivity index (χ2n) is 3.41. The number of rotatable bonds is 6. The van der Waals surface area contributed by atoms with Gasteiger partial charge >= 0.3 is 5.97 Å². The topological polar surface area (TPSA) is 77.8 Å². The molecule has 0 aliphatic rings. The molecule has 0 saturated heterocycles. The molecule has 0 aromatic carbocycles. The first-order chi connectivity index (χ1) is 6.97. The number of hydrogen-bond acceptors (Lipinski definition) is 3. The zero-order valence-corrected chi connectivity index (χ0v) is 9.06. The Kier molecular flexibility index (Phi) is 6.37. The second-order valence-corrected chi connectivity index (χ2v) is 3.41. The van der Waals surface area contributed by atoms with Crippen LogP contribution in [0.25, 0.3) is 0 Å². The molecular weight excluding hydrogens is 198 g/mol. The second kappa shape index (κ2) is 7.00. The summed E-state index contributed by atoms with van der Waals surface area (Å²) in [6.45, 7) is 3.69. The molecule has 86 valence electrons. The average Bonchev–Trinajstić information content (AvgIpc) is 2.10. The van der Waals surface area contributed by atoms with Crippen molar-refractivity contribution in [1.29, 1.82) is 0 Å². The molecule has 0 unspecified atom stereocenters. The van der Waals surface area contributed by atoms with Crippen LogP contribution in [0, 0.1) is 0 Å². The van der Waals surface area contributed by atoms with E-state index in [2.05, 4.69) is 0 Å². The van der Waals surface area contributed by atoms with Gasteiger partial charge in [0.05, 0.1) is 13.0 Å². The number of aliphatic hydroxyl groups excluding tert-OH is 1. The van der Waals surface area contributed by atoms with Crippen molar-refractivity contribution < 1.29 is 19.8 Å². The number of aliphatic carboxylic acids is 1. The molecule has 5 nitrogen and oxygen atoms in total. The molecule has 0 aromatic heterocycles. The molecule has 0 atom stereocenters. The summed E-state index contributed by atoms with van der Waals surface area (Å²) in [5.74, 6) is -1.21. The van der Waals surface area contributed by atoms with Crippen molar-refractivity contribution in [3.63, 3.8) is 0 Å². The van der Waals surface area contributed by atoms with Crippen LogP contribution < -0.4 is 0 Å². The van der Waals surface area contributed by atoms with E-state index in [-0.39, 0.29) is 32.0 Å². The van der Waals surface area contributed by atoms with E-state index >= 15 is 0 Å². The summed E-state index contributed by atoms with van der Waals surface area (Å²) in [7, 11) is 0. The van der Waals surface area contributed by atoms with Crippen LogP contribution in [0.1, 0.15) is 20.3 Å².